The van der Waals surface area contributed by atoms with Gasteiger partial charge in [0, 0.05) is 49.2 Å². The maximum Gasteiger partial charge on any atom is 0.254 e. The van der Waals surface area contributed by atoms with Crippen LogP contribution in [0.25, 0.3) is 0 Å². The molecule has 1 aromatic heterocycles. The summed E-state index contributed by atoms with van der Waals surface area (Å²) in [5.74, 6) is 1.59. The number of anilines is 1. The number of carbonyl (C=O) groups is 1. The zero-order chi connectivity index (χ0) is 21.1. The van der Waals surface area contributed by atoms with E-state index in [9.17, 15) is 4.79 Å². The molecule has 2 heterocycles. The number of aromatic nitrogens is 2. The normalized spacial score (nSPS) is 16.6. The van der Waals surface area contributed by atoms with Crippen LogP contribution in [0.1, 0.15) is 34.2 Å². The fourth-order valence-electron chi connectivity index (χ4n) is 3.69. The van der Waals surface area contributed by atoms with E-state index < -0.39 is 0 Å². The van der Waals surface area contributed by atoms with Gasteiger partial charge in [-0.2, -0.15) is 4.37 Å². The Balaban J connectivity index is 1.40. The topological polar surface area (TPSA) is 58.6 Å². The summed E-state index contributed by atoms with van der Waals surface area (Å²) in [5.41, 5.74) is 3.12. The molecule has 0 bridgehead atoms. The minimum Gasteiger partial charge on any atom is -0.497 e. The van der Waals surface area contributed by atoms with E-state index in [1.807, 2.05) is 23.1 Å². The SMILES string of the molecule is COc1cccc(C(=O)N2CCN(c3nc(Cc4ccc(C)cc4)ns3)CC2C)c1. The monoisotopic (exact) mass is 422 g/mol. The Bertz CT molecular complexity index is 1020. The maximum atomic E-state index is 13.0. The second-order valence-corrected chi connectivity index (χ2v) is 8.41. The molecule has 1 fully saturated rings. The van der Waals surface area contributed by atoms with Crippen molar-refractivity contribution >= 4 is 22.6 Å². The van der Waals surface area contributed by atoms with Crippen LogP contribution in [-0.4, -0.2) is 53.0 Å². The van der Waals surface area contributed by atoms with Crippen molar-refractivity contribution < 1.29 is 9.53 Å². The Morgan fingerprint density at radius 2 is 2.00 bits per heavy atom. The van der Waals surface area contributed by atoms with Crippen molar-refractivity contribution in [1.29, 1.82) is 0 Å². The first-order valence-electron chi connectivity index (χ1n) is 10.1. The lowest BCUT2D eigenvalue weighted by Crippen LogP contribution is -2.54. The van der Waals surface area contributed by atoms with Gasteiger partial charge in [-0.3, -0.25) is 4.79 Å². The van der Waals surface area contributed by atoms with Crippen LogP contribution in [-0.2, 0) is 6.42 Å². The van der Waals surface area contributed by atoms with Crippen molar-refractivity contribution in [3.05, 3.63) is 71.0 Å². The number of hydrogen-bond acceptors (Lipinski definition) is 6. The molecule has 3 aromatic rings. The Labute approximate surface area is 181 Å². The summed E-state index contributed by atoms with van der Waals surface area (Å²) in [6, 6.07) is 15.9. The van der Waals surface area contributed by atoms with Gasteiger partial charge in [0.15, 0.2) is 0 Å². The zero-order valence-corrected chi connectivity index (χ0v) is 18.4. The van der Waals surface area contributed by atoms with Crippen molar-refractivity contribution in [1.82, 2.24) is 14.3 Å². The summed E-state index contributed by atoms with van der Waals surface area (Å²) in [5, 5.41) is 0.928. The van der Waals surface area contributed by atoms with Crippen molar-refractivity contribution in [2.75, 3.05) is 31.6 Å². The third kappa shape index (κ3) is 4.46. The number of methoxy groups -OCH3 is 1. The fourth-order valence-corrected chi connectivity index (χ4v) is 4.41. The number of rotatable bonds is 5. The predicted molar refractivity (Wildman–Crippen MR) is 120 cm³/mol. The molecule has 0 radical (unpaired) electrons. The van der Waals surface area contributed by atoms with Gasteiger partial charge in [-0.05, 0) is 37.6 Å². The maximum absolute atomic E-state index is 13.0. The number of benzene rings is 2. The summed E-state index contributed by atoms with van der Waals surface area (Å²) in [6.07, 6.45) is 0.737. The highest BCUT2D eigenvalue weighted by atomic mass is 32.1. The second-order valence-electron chi connectivity index (χ2n) is 7.68. The van der Waals surface area contributed by atoms with E-state index in [-0.39, 0.29) is 11.9 Å². The molecule has 1 aliphatic rings. The summed E-state index contributed by atoms with van der Waals surface area (Å²) >= 11 is 1.44. The number of nitrogens with zero attached hydrogens (tertiary/aromatic N) is 4. The van der Waals surface area contributed by atoms with Gasteiger partial charge in [0.1, 0.15) is 11.6 Å². The van der Waals surface area contributed by atoms with Crippen LogP contribution >= 0.6 is 11.5 Å². The lowest BCUT2D eigenvalue weighted by Gasteiger charge is -2.39. The average Bonchev–Trinajstić information content (AvgIpc) is 3.23. The second kappa shape index (κ2) is 8.83. The highest BCUT2D eigenvalue weighted by Crippen LogP contribution is 2.24. The van der Waals surface area contributed by atoms with Crippen LogP contribution in [0.3, 0.4) is 0 Å². The summed E-state index contributed by atoms with van der Waals surface area (Å²) in [4.78, 5) is 21.9. The van der Waals surface area contributed by atoms with Crippen molar-refractivity contribution in [3.8, 4) is 5.75 Å². The van der Waals surface area contributed by atoms with E-state index in [0.717, 1.165) is 30.5 Å². The van der Waals surface area contributed by atoms with Gasteiger partial charge in [-0.1, -0.05) is 35.9 Å². The Hall–Kier alpha value is -2.93. The molecule has 156 valence electrons. The number of piperazine rings is 1. The lowest BCUT2D eigenvalue weighted by molar-refractivity contribution is 0.0673. The molecule has 0 saturated carbocycles. The predicted octanol–water partition coefficient (Wildman–Crippen LogP) is 3.80. The van der Waals surface area contributed by atoms with E-state index in [4.69, 9.17) is 9.72 Å². The first kappa shape index (κ1) is 20.3. The number of amides is 1. The van der Waals surface area contributed by atoms with Gasteiger partial charge in [-0.25, -0.2) is 4.98 Å². The molecule has 1 atom stereocenters. The molecular formula is C23H26N4O2S. The van der Waals surface area contributed by atoms with Crippen molar-refractivity contribution in [3.63, 3.8) is 0 Å². The minimum atomic E-state index is 0.0402. The fraction of sp³-hybridized carbons (Fsp3) is 0.348. The lowest BCUT2D eigenvalue weighted by atomic mass is 10.1. The molecule has 0 N–H and O–H groups in total. The van der Waals surface area contributed by atoms with Crippen molar-refractivity contribution in [2.45, 2.75) is 26.3 Å². The van der Waals surface area contributed by atoms with E-state index in [2.05, 4.69) is 47.4 Å². The third-order valence-corrected chi connectivity index (χ3v) is 6.23. The molecule has 1 unspecified atom stereocenters. The van der Waals surface area contributed by atoms with Gasteiger partial charge in [0.05, 0.1) is 7.11 Å². The number of ether oxygens (including phenoxy) is 1. The van der Waals surface area contributed by atoms with Crippen LogP contribution in [0.15, 0.2) is 48.5 Å². The Morgan fingerprint density at radius 3 is 2.73 bits per heavy atom. The molecule has 4 rings (SSSR count). The molecule has 1 amide bonds. The van der Waals surface area contributed by atoms with Crippen LogP contribution in [0.2, 0.25) is 0 Å². The van der Waals surface area contributed by atoms with E-state index in [1.165, 1.54) is 22.7 Å². The van der Waals surface area contributed by atoms with Crippen LogP contribution < -0.4 is 9.64 Å². The molecule has 2 aromatic carbocycles. The van der Waals surface area contributed by atoms with Gasteiger partial charge >= 0.3 is 0 Å². The number of hydrogen-bond donors (Lipinski definition) is 0. The molecular weight excluding hydrogens is 396 g/mol. The van der Waals surface area contributed by atoms with E-state index in [1.54, 1.807) is 13.2 Å². The molecule has 1 aliphatic heterocycles. The summed E-state index contributed by atoms with van der Waals surface area (Å²) < 4.78 is 9.80. The zero-order valence-electron chi connectivity index (χ0n) is 17.5. The van der Waals surface area contributed by atoms with Crippen LogP contribution in [0.4, 0.5) is 5.13 Å². The van der Waals surface area contributed by atoms with Crippen LogP contribution in [0, 0.1) is 6.92 Å². The first-order chi connectivity index (χ1) is 14.5. The third-order valence-electron chi connectivity index (χ3n) is 5.42. The van der Waals surface area contributed by atoms with E-state index in [0.29, 0.717) is 17.9 Å². The molecule has 1 saturated heterocycles. The molecule has 30 heavy (non-hydrogen) atoms. The molecule has 6 nitrogen and oxygen atoms in total. The van der Waals surface area contributed by atoms with Gasteiger partial charge < -0.3 is 14.5 Å². The number of carbonyl (C=O) groups excluding carboxylic acids is 1. The summed E-state index contributed by atoms with van der Waals surface area (Å²) in [7, 11) is 1.61. The Kier molecular flexibility index (Phi) is 5.99. The molecule has 0 spiro atoms. The van der Waals surface area contributed by atoms with Gasteiger partial charge in [0.25, 0.3) is 5.91 Å². The Morgan fingerprint density at radius 1 is 1.20 bits per heavy atom. The van der Waals surface area contributed by atoms with Gasteiger partial charge in [0.2, 0.25) is 5.13 Å². The highest BCUT2D eigenvalue weighted by Gasteiger charge is 2.29. The van der Waals surface area contributed by atoms with Gasteiger partial charge in [-0.15, -0.1) is 0 Å². The molecule has 0 aliphatic carbocycles. The quantitative estimate of drug-likeness (QED) is 0.626. The van der Waals surface area contributed by atoms with E-state index >= 15 is 0 Å². The average molecular weight is 423 g/mol. The van der Waals surface area contributed by atoms with Crippen LogP contribution in [0.5, 0.6) is 5.75 Å². The smallest absolute Gasteiger partial charge is 0.254 e. The number of aryl methyl sites for hydroxylation is 1. The molecule has 7 heteroatoms. The standard InChI is InChI=1S/C23H26N4O2S/c1-16-7-9-18(10-8-16)13-21-24-23(30-25-21)26-11-12-27(17(2)15-26)22(28)19-5-4-6-20(14-19)29-3/h4-10,14,17H,11-13,15H2,1-3H3. The first-order valence-corrected chi connectivity index (χ1v) is 10.9. The highest BCUT2D eigenvalue weighted by molar-refractivity contribution is 7.09. The minimum absolute atomic E-state index is 0.0402. The largest absolute Gasteiger partial charge is 0.497 e. The summed E-state index contributed by atoms with van der Waals surface area (Å²) in [6.45, 7) is 6.32. The van der Waals surface area contributed by atoms with Crippen molar-refractivity contribution in [2.24, 2.45) is 0 Å².